The molecular weight excluding hydrogens is 212 g/mol. The van der Waals surface area contributed by atoms with E-state index < -0.39 is 5.97 Å². The normalized spacial score (nSPS) is 16.8. The van der Waals surface area contributed by atoms with Crippen LogP contribution in [0.3, 0.4) is 0 Å². The Labute approximate surface area is 91.2 Å². The first-order chi connectivity index (χ1) is 7.66. The minimum Gasteiger partial charge on any atom is -0.481 e. The molecule has 1 aliphatic rings. The molecule has 16 heavy (non-hydrogen) atoms. The summed E-state index contributed by atoms with van der Waals surface area (Å²) in [4.78, 5) is 22.2. The predicted octanol–water partition coefficient (Wildman–Crippen LogP) is -0.212. The summed E-state index contributed by atoms with van der Waals surface area (Å²) in [6.07, 6.45) is 3.20. The Kier molecular flexibility index (Phi) is 2.84. The van der Waals surface area contributed by atoms with Gasteiger partial charge in [0.1, 0.15) is 0 Å². The lowest BCUT2D eigenvalue weighted by Gasteiger charge is -2.14. The summed E-state index contributed by atoms with van der Waals surface area (Å²) in [5.74, 6) is -1.00. The highest BCUT2D eigenvalue weighted by Gasteiger charge is 2.34. The van der Waals surface area contributed by atoms with Crippen molar-refractivity contribution in [3.63, 3.8) is 0 Å². The van der Waals surface area contributed by atoms with Gasteiger partial charge in [-0.25, -0.2) is 0 Å². The Morgan fingerprint density at radius 3 is 2.88 bits per heavy atom. The second-order valence-electron chi connectivity index (χ2n) is 3.87. The fourth-order valence-electron chi connectivity index (χ4n) is 1.58. The van der Waals surface area contributed by atoms with Gasteiger partial charge < -0.3 is 10.4 Å². The first kappa shape index (κ1) is 10.6. The summed E-state index contributed by atoms with van der Waals surface area (Å²) >= 11 is 0. The van der Waals surface area contributed by atoms with Crippen LogP contribution in [0.15, 0.2) is 6.20 Å². The van der Waals surface area contributed by atoms with Crippen molar-refractivity contribution in [1.29, 1.82) is 0 Å². The molecule has 1 aliphatic carbocycles. The molecule has 1 unspecified atom stereocenters. The van der Waals surface area contributed by atoms with Crippen molar-refractivity contribution in [2.24, 2.45) is 5.92 Å². The highest BCUT2D eigenvalue weighted by atomic mass is 16.4. The molecule has 1 aromatic rings. The molecular formula is C9H12N4O3. The van der Waals surface area contributed by atoms with E-state index in [-0.39, 0.29) is 30.0 Å². The van der Waals surface area contributed by atoms with Crippen molar-refractivity contribution in [1.82, 2.24) is 20.7 Å². The zero-order valence-corrected chi connectivity index (χ0v) is 8.51. The second-order valence-corrected chi connectivity index (χ2v) is 3.87. The van der Waals surface area contributed by atoms with Crippen LogP contribution in [0.5, 0.6) is 0 Å². The van der Waals surface area contributed by atoms with Crippen molar-refractivity contribution in [2.45, 2.75) is 25.3 Å². The molecule has 7 heteroatoms. The number of rotatable bonds is 5. The van der Waals surface area contributed by atoms with Gasteiger partial charge in [-0.3, -0.25) is 9.59 Å². The van der Waals surface area contributed by atoms with Gasteiger partial charge >= 0.3 is 5.97 Å². The summed E-state index contributed by atoms with van der Waals surface area (Å²) in [7, 11) is 0. The van der Waals surface area contributed by atoms with Crippen LogP contribution in [0.25, 0.3) is 0 Å². The van der Waals surface area contributed by atoms with Gasteiger partial charge in [0, 0.05) is 6.04 Å². The van der Waals surface area contributed by atoms with E-state index in [1.54, 1.807) is 0 Å². The topological polar surface area (TPSA) is 108 Å². The summed E-state index contributed by atoms with van der Waals surface area (Å²) in [6.45, 7) is 0. The van der Waals surface area contributed by atoms with Crippen LogP contribution in [0, 0.1) is 5.92 Å². The molecule has 0 saturated heterocycles. The standard InChI is InChI=1S/C9H12N4O3/c14-8(15)3-6(5-1-2-5)11-9(16)7-4-10-13-12-7/h4-6H,1-3H2,(H,11,16)(H,14,15)(H,10,12,13). The molecule has 0 aromatic carbocycles. The minimum absolute atomic E-state index is 0.0474. The van der Waals surface area contributed by atoms with Crippen molar-refractivity contribution in [3.8, 4) is 0 Å². The third-order valence-electron chi connectivity index (χ3n) is 2.55. The molecule has 2 rings (SSSR count). The molecule has 86 valence electrons. The highest BCUT2D eigenvalue weighted by Crippen LogP contribution is 2.34. The summed E-state index contributed by atoms with van der Waals surface area (Å²) < 4.78 is 0. The van der Waals surface area contributed by atoms with Gasteiger partial charge in [0.05, 0.1) is 12.6 Å². The lowest BCUT2D eigenvalue weighted by Crippen LogP contribution is -2.38. The lowest BCUT2D eigenvalue weighted by molar-refractivity contribution is -0.137. The van der Waals surface area contributed by atoms with E-state index in [2.05, 4.69) is 20.7 Å². The number of nitrogens with one attached hydrogen (secondary N) is 2. The van der Waals surface area contributed by atoms with Crippen LogP contribution in [-0.4, -0.2) is 38.4 Å². The highest BCUT2D eigenvalue weighted by molar-refractivity contribution is 5.92. The fourth-order valence-corrected chi connectivity index (χ4v) is 1.58. The van der Waals surface area contributed by atoms with Gasteiger partial charge in [0.25, 0.3) is 5.91 Å². The Morgan fingerprint density at radius 2 is 2.38 bits per heavy atom. The quantitative estimate of drug-likeness (QED) is 0.641. The van der Waals surface area contributed by atoms with Gasteiger partial charge in [-0.15, -0.1) is 0 Å². The van der Waals surface area contributed by atoms with E-state index >= 15 is 0 Å². The molecule has 1 fully saturated rings. The monoisotopic (exact) mass is 224 g/mol. The second kappa shape index (κ2) is 4.30. The molecule has 7 nitrogen and oxygen atoms in total. The molecule has 0 aliphatic heterocycles. The van der Waals surface area contributed by atoms with E-state index in [9.17, 15) is 9.59 Å². The minimum atomic E-state index is -0.905. The zero-order valence-electron chi connectivity index (χ0n) is 8.51. The number of carboxylic acid groups (broad SMARTS) is 1. The number of amides is 1. The maximum absolute atomic E-state index is 11.6. The number of aliphatic carboxylic acids is 1. The molecule has 1 heterocycles. The van der Waals surface area contributed by atoms with E-state index in [0.29, 0.717) is 0 Å². The molecule has 1 atom stereocenters. The van der Waals surface area contributed by atoms with E-state index in [0.717, 1.165) is 12.8 Å². The van der Waals surface area contributed by atoms with Crippen LogP contribution in [0.4, 0.5) is 0 Å². The molecule has 1 saturated carbocycles. The number of hydrogen-bond donors (Lipinski definition) is 3. The smallest absolute Gasteiger partial charge is 0.305 e. The zero-order chi connectivity index (χ0) is 11.5. The number of nitrogens with zero attached hydrogens (tertiary/aromatic N) is 2. The SMILES string of the molecule is O=C(O)CC(NC(=O)c1cn[nH]n1)C1CC1. The van der Waals surface area contributed by atoms with Crippen molar-refractivity contribution < 1.29 is 14.7 Å². The number of carboxylic acids is 1. The Morgan fingerprint density at radius 1 is 1.62 bits per heavy atom. The summed E-state index contributed by atoms with van der Waals surface area (Å²) in [6, 6.07) is -0.304. The number of carbonyl (C=O) groups is 2. The van der Waals surface area contributed by atoms with Crippen LogP contribution < -0.4 is 5.32 Å². The van der Waals surface area contributed by atoms with E-state index in [1.807, 2.05) is 0 Å². The largest absolute Gasteiger partial charge is 0.481 e. The predicted molar refractivity (Wildman–Crippen MR) is 52.6 cm³/mol. The molecule has 0 bridgehead atoms. The van der Waals surface area contributed by atoms with Crippen LogP contribution in [0.2, 0.25) is 0 Å². The number of aromatic nitrogens is 3. The maximum atomic E-state index is 11.6. The van der Waals surface area contributed by atoms with Crippen molar-refractivity contribution in [3.05, 3.63) is 11.9 Å². The maximum Gasteiger partial charge on any atom is 0.305 e. The summed E-state index contributed by atoms with van der Waals surface area (Å²) in [5, 5.41) is 20.9. The Hall–Kier alpha value is -1.92. The number of carbonyl (C=O) groups excluding carboxylic acids is 1. The first-order valence-electron chi connectivity index (χ1n) is 5.05. The van der Waals surface area contributed by atoms with Crippen molar-refractivity contribution in [2.75, 3.05) is 0 Å². The van der Waals surface area contributed by atoms with Gasteiger partial charge in [-0.05, 0) is 18.8 Å². The molecule has 0 radical (unpaired) electrons. The lowest BCUT2D eigenvalue weighted by atomic mass is 10.1. The number of aromatic amines is 1. The fraction of sp³-hybridized carbons (Fsp3) is 0.556. The van der Waals surface area contributed by atoms with Crippen LogP contribution in [-0.2, 0) is 4.79 Å². The molecule has 0 spiro atoms. The van der Waals surface area contributed by atoms with Gasteiger partial charge in [0.15, 0.2) is 5.69 Å². The molecule has 1 amide bonds. The summed E-state index contributed by atoms with van der Waals surface area (Å²) in [5.41, 5.74) is 0.177. The van der Waals surface area contributed by atoms with Gasteiger partial charge in [-0.1, -0.05) is 0 Å². The van der Waals surface area contributed by atoms with Gasteiger partial charge in [-0.2, -0.15) is 15.4 Å². The molecule has 1 aromatic heterocycles. The van der Waals surface area contributed by atoms with E-state index in [4.69, 9.17) is 5.11 Å². The van der Waals surface area contributed by atoms with E-state index in [1.165, 1.54) is 6.20 Å². The Balaban J connectivity index is 1.95. The number of hydrogen-bond acceptors (Lipinski definition) is 4. The first-order valence-corrected chi connectivity index (χ1v) is 5.05. The Bertz CT molecular complexity index is 385. The molecule has 3 N–H and O–H groups in total. The average molecular weight is 224 g/mol. The third-order valence-corrected chi connectivity index (χ3v) is 2.55. The van der Waals surface area contributed by atoms with Gasteiger partial charge in [0.2, 0.25) is 0 Å². The third kappa shape index (κ3) is 2.56. The average Bonchev–Trinajstić information content (AvgIpc) is 2.91. The van der Waals surface area contributed by atoms with Crippen LogP contribution in [0.1, 0.15) is 29.8 Å². The van der Waals surface area contributed by atoms with Crippen LogP contribution >= 0.6 is 0 Å². The number of H-pyrrole nitrogens is 1. The van der Waals surface area contributed by atoms with Crippen molar-refractivity contribution >= 4 is 11.9 Å².